The number of carbonyl (C=O) groups excluding carboxylic acids is 1. The van der Waals surface area contributed by atoms with E-state index >= 15 is 0 Å². The van der Waals surface area contributed by atoms with E-state index in [1.807, 2.05) is 65.0 Å². The lowest BCUT2D eigenvalue weighted by atomic mass is 9.98. The predicted octanol–water partition coefficient (Wildman–Crippen LogP) is 4.24. The predicted molar refractivity (Wildman–Crippen MR) is 114 cm³/mol. The second-order valence-electron chi connectivity index (χ2n) is 7.94. The minimum absolute atomic E-state index is 0.0288. The molecular weight excluding hydrogens is 376 g/mol. The third-order valence-electron chi connectivity index (χ3n) is 5.77. The molecule has 30 heavy (non-hydrogen) atoms. The minimum Gasteiger partial charge on any atom is -0.445 e. The monoisotopic (exact) mass is 400 g/mol. The molecule has 5 rings (SSSR count). The molecule has 6 heteroatoms. The van der Waals surface area contributed by atoms with Crippen LogP contribution in [0.3, 0.4) is 0 Å². The Bertz CT molecular complexity index is 1180. The molecule has 6 nitrogen and oxygen atoms in total. The maximum absolute atomic E-state index is 13.1. The minimum atomic E-state index is -0.0288. The fourth-order valence-corrected chi connectivity index (χ4v) is 4.17. The first kappa shape index (κ1) is 18.6. The SMILES string of the molecule is Cc1cccc2nc(C(=O)N3CCCC(c4ncc(Cc5ccccc5)o4)C3)cn12. The Labute approximate surface area is 175 Å². The molecule has 1 atom stereocenters. The van der Waals surface area contributed by atoms with Crippen molar-refractivity contribution in [1.29, 1.82) is 0 Å². The molecule has 1 fully saturated rings. The fourth-order valence-electron chi connectivity index (χ4n) is 4.17. The summed E-state index contributed by atoms with van der Waals surface area (Å²) in [6.07, 6.45) is 6.27. The van der Waals surface area contributed by atoms with Crippen LogP contribution in [0.25, 0.3) is 5.65 Å². The quantitative estimate of drug-likeness (QED) is 0.514. The van der Waals surface area contributed by atoms with Crippen molar-refractivity contribution in [3.8, 4) is 0 Å². The zero-order valence-corrected chi connectivity index (χ0v) is 17.0. The largest absolute Gasteiger partial charge is 0.445 e. The number of amides is 1. The number of nitrogens with zero attached hydrogens (tertiary/aromatic N) is 4. The van der Waals surface area contributed by atoms with Crippen LogP contribution in [0.1, 0.15) is 52.2 Å². The Morgan fingerprint density at radius 1 is 1.17 bits per heavy atom. The Hall–Kier alpha value is -3.41. The normalized spacial score (nSPS) is 16.8. The van der Waals surface area contributed by atoms with Gasteiger partial charge in [0.15, 0.2) is 5.89 Å². The molecule has 0 spiro atoms. The first-order valence-electron chi connectivity index (χ1n) is 10.4. The van der Waals surface area contributed by atoms with Crippen molar-refractivity contribution in [3.63, 3.8) is 0 Å². The van der Waals surface area contributed by atoms with Gasteiger partial charge in [0.2, 0.25) is 0 Å². The molecular formula is C24H24N4O2. The lowest BCUT2D eigenvalue weighted by Gasteiger charge is -2.30. The molecule has 1 aliphatic heterocycles. The molecule has 1 amide bonds. The second kappa shape index (κ2) is 7.78. The van der Waals surface area contributed by atoms with Gasteiger partial charge in [-0.25, -0.2) is 9.97 Å². The summed E-state index contributed by atoms with van der Waals surface area (Å²) in [4.78, 5) is 24.0. The summed E-state index contributed by atoms with van der Waals surface area (Å²) < 4.78 is 8.01. The molecule has 152 valence electrons. The van der Waals surface area contributed by atoms with Gasteiger partial charge in [0.1, 0.15) is 17.1 Å². The van der Waals surface area contributed by atoms with E-state index in [1.165, 1.54) is 5.56 Å². The van der Waals surface area contributed by atoms with E-state index in [9.17, 15) is 4.79 Å². The molecule has 1 unspecified atom stereocenters. The summed E-state index contributed by atoms with van der Waals surface area (Å²) in [7, 11) is 0. The van der Waals surface area contributed by atoms with Crippen molar-refractivity contribution in [2.45, 2.75) is 32.1 Å². The Morgan fingerprint density at radius 3 is 2.87 bits per heavy atom. The molecule has 4 aromatic rings. The van der Waals surface area contributed by atoms with Gasteiger partial charge in [0.25, 0.3) is 5.91 Å². The highest BCUT2D eigenvalue weighted by Crippen LogP contribution is 2.28. The van der Waals surface area contributed by atoms with Crippen LogP contribution in [-0.2, 0) is 6.42 Å². The van der Waals surface area contributed by atoms with Crippen LogP contribution in [-0.4, -0.2) is 38.3 Å². The van der Waals surface area contributed by atoms with E-state index in [-0.39, 0.29) is 11.8 Å². The highest BCUT2D eigenvalue weighted by molar-refractivity contribution is 5.93. The van der Waals surface area contributed by atoms with Gasteiger partial charge >= 0.3 is 0 Å². The summed E-state index contributed by atoms with van der Waals surface area (Å²) >= 11 is 0. The zero-order chi connectivity index (χ0) is 20.5. The molecule has 1 aliphatic rings. The number of pyridine rings is 1. The number of aryl methyl sites for hydroxylation is 1. The average Bonchev–Trinajstić information content (AvgIpc) is 3.42. The van der Waals surface area contributed by atoms with E-state index in [2.05, 4.69) is 22.1 Å². The van der Waals surface area contributed by atoms with Crippen molar-refractivity contribution in [2.75, 3.05) is 13.1 Å². The second-order valence-corrected chi connectivity index (χ2v) is 7.94. The number of piperidine rings is 1. The Kier molecular flexibility index (Phi) is 4.83. The number of imidazole rings is 1. The van der Waals surface area contributed by atoms with Gasteiger partial charge in [0.05, 0.1) is 12.1 Å². The van der Waals surface area contributed by atoms with E-state index in [1.54, 1.807) is 0 Å². The molecule has 0 saturated carbocycles. The molecule has 0 radical (unpaired) electrons. The number of likely N-dealkylation sites (tertiary alicyclic amines) is 1. The Morgan fingerprint density at radius 2 is 2.03 bits per heavy atom. The molecule has 1 saturated heterocycles. The van der Waals surface area contributed by atoms with Crippen molar-refractivity contribution in [1.82, 2.24) is 19.3 Å². The van der Waals surface area contributed by atoms with Gasteiger partial charge < -0.3 is 13.7 Å². The van der Waals surface area contributed by atoms with Gasteiger partial charge in [-0.1, -0.05) is 36.4 Å². The number of carbonyl (C=O) groups is 1. The van der Waals surface area contributed by atoms with E-state index in [4.69, 9.17) is 4.42 Å². The van der Waals surface area contributed by atoms with Crippen LogP contribution in [0.2, 0.25) is 0 Å². The maximum atomic E-state index is 13.1. The summed E-state index contributed by atoms with van der Waals surface area (Å²) in [6, 6.07) is 16.1. The zero-order valence-electron chi connectivity index (χ0n) is 17.0. The van der Waals surface area contributed by atoms with Crippen LogP contribution in [0.4, 0.5) is 0 Å². The van der Waals surface area contributed by atoms with E-state index in [0.717, 1.165) is 48.8 Å². The number of aromatic nitrogens is 3. The van der Waals surface area contributed by atoms with Gasteiger partial charge in [0, 0.05) is 31.4 Å². The first-order valence-corrected chi connectivity index (χ1v) is 10.4. The van der Waals surface area contributed by atoms with Crippen molar-refractivity contribution in [2.24, 2.45) is 0 Å². The third kappa shape index (κ3) is 3.61. The first-order chi connectivity index (χ1) is 14.7. The molecule has 3 aromatic heterocycles. The summed E-state index contributed by atoms with van der Waals surface area (Å²) in [5.41, 5.74) is 3.54. The third-order valence-corrected chi connectivity index (χ3v) is 5.77. The number of oxazole rings is 1. The molecule has 0 bridgehead atoms. The number of benzene rings is 1. The lowest BCUT2D eigenvalue weighted by Crippen LogP contribution is -2.39. The Balaban J connectivity index is 1.31. The van der Waals surface area contributed by atoms with Crippen molar-refractivity contribution in [3.05, 3.63) is 89.5 Å². The van der Waals surface area contributed by atoms with Crippen LogP contribution in [0.15, 0.2) is 65.3 Å². The molecule has 1 aromatic carbocycles. The van der Waals surface area contributed by atoms with Crippen LogP contribution in [0, 0.1) is 6.92 Å². The molecule has 0 N–H and O–H groups in total. The van der Waals surface area contributed by atoms with Gasteiger partial charge in [-0.2, -0.15) is 0 Å². The highest BCUT2D eigenvalue weighted by atomic mass is 16.4. The summed E-state index contributed by atoms with van der Waals surface area (Å²) in [5.74, 6) is 1.67. The van der Waals surface area contributed by atoms with Crippen LogP contribution in [0.5, 0.6) is 0 Å². The smallest absolute Gasteiger partial charge is 0.274 e. The van der Waals surface area contributed by atoms with Crippen molar-refractivity contribution >= 4 is 11.6 Å². The van der Waals surface area contributed by atoms with Crippen molar-refractivity contribution < 1.29 is 9.21 Å². The number of rotatable bonds is 4. The molecule has 4 heterocycles. The standard InChI is InChI=1S/C24H24N4O2/c1-17-7-5-11-22-26-21(16-28(17)22)24(29)27-12-6-10-19(15-27)23-25-14-20(30-23)13-18-8-3-2-4-9-18/h2-5,7-9,11,14,16,19H,6,10,12-13,15H2,1H3. The van der Waals surface area contributed by atoms with Crippen LogP contribution >= 0.6 is 0 Å². The van der Waals surface area contributed by atoms with E-state index < -0.39 is 0 Å². The number of fused-ring (bicyclic) bond motifs is 1. The maximum Gasteiger partial charge on any atom is 0.274 e. The number of hydrogen-bond acceptors (Lipinski definition) is 4. The highest BCUT2D eigenvalue weighted by Gasteiger charge is 2.29. The van der Waals surface area contributed by atoms with Gasteiger partial charge in [-0.15, -0.1) is 0 Å². The summed E-state index contributed by atoms with van der Waals surface area (Å²) in [5, 5.41) is 0. The van der Waals surface area contributed by atoms with E-state index in [0.29, 0.717) is 12.2 Å². The van der Waals surface area contributed by atoms with Gasteiger partial charge in [-0.3, -0.25) is 4.79 Å². The van der Waals surface area contributed by atoms with Crippen LogP contribution < -0.4 is 0 Å². The average molecular weight is 400 g/mol. The topological polar surface area (TPSA) is 63.6 Å². The fraction of sp³-hybridized carbons (Fsp3) is 0.292. The summed E-state index contributed by atoms with van der Waals surface area (Å²) in [6.45, 7) is 3.35. The van der Waals surface area contributed by atoms with Gasteiger partial charge in [-0.05, 0) is 37.5 Å². The lowest BCUT2D eigenvalue weighted by molar-refractivity contribution is 0.0692. The number of hydrogen-bond donors (Lipinski definition) is 0. The molecule has 0 aliphatic carbocycles.